The van der Waals surface area contributed by atoms with Crippen LogP contribution in [-0.2, 0) is 26.0 Å². The molecule has 0 aliphatic carbocycles. The molecule has 8 nitrogen and oxygen atoms in total. The molecule has 1 aliphatic rings. The van der Waals surface area contributed by atoms with Crippen LogP contribution in [0.25, 0.3) is 0 Å². The number of ether oxygens (including phenoxy) is 1. The largest absolute Gasteiger partial charge is 0.492 e. The Morgan fingerprint density at radius 2 is 1.85 bits per heavy atom. The molecule has 3 rings (SSSR count). The van der Waals surface area contributed by atoms with Gasteiger partial charge in [0, 0.05) is 18.7 Å². The Kier molecular flexibility index (Phi) is 8.33. The molecule has 0 spiro atoms. The van der Waals surface area contributed by atoms with Gasteiger partial charge in [-0.15, -0.1) is 0 Å². The van der Waals surface area contributed by atoms with Crippen molar-refractivity contribution in [3.63, 3.8) is 0 Å². The van der Waals surface area contributed by atoms with Gasteiger partial charge < -0.3 is 15.0 Å². The van der Waals surface area contributed by atoms with Gasteiger partial charge in [-0.3, -0.25) is 9.59 Å². The molecule has 2 N–H and O–H groups in total. The predicted octanol–water partition coefficient (Wildman–Crippen LogP) is 3.72. The molecule has 0 fully saturated rings. The summed E-state index contributed by atoms with van der Waals surface area (Å²) in [5.74, 6) is 0.155. The smallest absolute Gasteiger partial charge is 0.242 e. The Morgan fingerprint density at radius 3 is 2.53 bits per heavy atom. The molecule has 2 amide bonds. The van der Waals surface area contributed by atoms with Crippen LogP contribution < -0.4 is 19.7 Å². The maximum atomic E-state index is 13.2. The van der Waals surface area contributed by atoms with Crippen molar-refractivity contribution in [1.29, 1.82) is 0 Å². The van der Waals surface area contributed by atoms with Crippen LogP contribution >= 0.6 is 0 Å². The molecule has 0 radical (unpaired) electrons. The van der Waals surface area contributed by atoms with Gasteiger partial charge in [0.15, 0.2) is 0 Å². The van der Waals surface area contributed by atoms with E-state index < -0.39 is 22.0 Å². The molecule has 2 aromatic rings. The first-order valence-electron chi connectivity index (χ1n) is 11.6. The Bertz CT molecular complexity index is 1150. The van der Waals surface area contributed by atoms with Crippen molar-refractivity contribution in [1.82, 2.24) is 4.72 Å². The van der Waals surface area contributed by atoms with E-state index in [0.29, 0.717) is 43.9 Å². The number of hydrogen-bond acceptors (Lipinski definition) is 5. The lowest BCUT2D eigenvalue weighted by Gasteiger charge is -2.21. The molecule has 2 aromatic carbocycles. The number of fused-ring (bicyclic) bond motifs is 1. The first-order chi connectivity index (χ1) is 16.2. The zero-order chi connectivity index (χ0) is 24.9. The number of anilines is 2. The van der Waals surface area contributed by atoms with E-state index in [2.05, 4.69) is 10.0 Å². The van der Waals surface area contributed by atoms with Gasteiger partial charge in [-0.25, -0.2) is 8.42 Å². The minimum atomic E-state index is -3.97. The van der Waals surface area contributed by atoms with Crippen molar-refractivity contribution in [2.45, 2.75) is 57.9 Å². The molecule has 1 heterocycles. The lowest BCUT2D eigenvalue weighted by Crippen LogP contribution is -2.44. The third-order valence-electron chi connectivity index (χ3n) is 5.63. The fraction of sp³-hybridized carbons (Fsp3) is 0.440. The van der Waals surface area contributed by atoms with Crippen LogP contribution in [0, 0.1) is 5.92 Å². The third-order valence-corrected chi connectivity index (χ3v) is 7.10. The first-order valence-corrected chi connectivity index (χ1v) is 13.1. The summed E-state index contributed by atoms with van der Waals surface area (Å²) in [6.45, 7) is 8.48. The quantitative estimate of drug-likeness (QED) is 0.532. The summed E-state index contributed by atoms with van der Waals surface area (Å²) in [6, 6.07) is 10.8. The average Bonchev–Trinajstić information content (AvgIpc) is 3.22. The second-order valence-corrected chi connectivity index (χ2v) is 10.4. The van der Waals surface area contributed by atoms with E-state index in [1.165, 1.54) is 6.07 Å². The van der Waals surface area contributed by atoms with Gasteiger partial charge in [-0.2, -0.15) is 4.72 Å². The number of nitrogens with one attached hydrogen (secondary N) is 2. The van der Waals surface area contributed by atoms with Crippen molar-refractivity contribution in [2.75, 3.05) is 23.4 Å². The van der Waals surface area contributed by atoms with Crippen molar-refractivity contribution < 1.29 is 22.7 Å². The average molecular weight is 488 g/mol. The number of para-hydroxylation sites is 2. The van der Waals surface area contributed by atoms with Crippen molar-refractivity contribution in [3.8, 4) is 5.75 Å². The van der Waals surface area contributed by atoms with Crippen molar-refractivity contribution in [3.05, 3.63) is 48.0 Å². The van der Waals surface area contributed by atoms with Gasteiger partial charge in [-0.05, 0) is 61.6 Å². The normalized spacial score (nSPS) is 14.1. The monoisotopic (exact) mass is 487 g/mol. The number of hydrogen-bond donors (Lipinski definition) is 2. The highest BCUT2D eigenvalue weighted by molar-refractivity contribution is 7.89. The predicted molar refractivity (Wildman–Crippen MR) is 133 cm³/mol. The summed E-state index contributed by atoms with van der Waals surface area (Å²) in [4.78, 5) is 27.0. The zero-order valence-corrected chi connectivity index (χ0v) is 20.9. The maximum Gasteiger partial charge on any atom is 0.242 e. The van der Waals surface area contributed by atoms with Gasteiger partial charge in [0.05, 0.1) is 17.2 Å². The number of benzene rings is 2. The SMILES string of the molecule is CCOc1ccccc1NC(=O)[C@@H](CC(C)C)NS(=O)(=O)c1ccc2c(c1)CCN2C(=O)CC. The van der Waals surface area contributed by atoms with E-state index >= 15 is 0 Å². The van der Waals surface area contributed by atoms with Crippen LogP contribution in [0.3, 0.4) is 0 Å². The van der Waals surface area contributed by atoms with E-state index in [-0.39, 0.29) is 16.7 Å². The van der Waals surface area contributed by atoms with Crippen LogP contribution in [0.1, 0.15) is 46.1 Å². The molecule has 184 valence electrons. The fourth-order valence-corrected chi connectivity index (χ4v) is 5.26. The van der Waals surface area contributed by atoms with Crippen LogP contribution in [0.5, 0.6) is 5.75 Å². The van der Waals surface area contributed by atoms with Gasteiger partial charge in [0.2, 0.25) is 21.8 Å². The lowest BCUT2D eigenvalue weighted by atomic mass is 10.0. The minimum Gasteiger partial charge on any atom is -0.492 e. The van der Waals surface area contributed by atoms with Gasteiger partial charge >= 0.3 is 0 Å². The van der Waals surface area contributed by atoms with Crippen molar-refractivity contribution >= 4 is 33.2 Å². The highest BCUT2D eigenvalue weighted by atomic mass is 32.2. The van der Waals surface area contributed by atoms with E-state index in [9.17, 15) is 18.0 Å². The topological polar surface area (TPSA) is 105 Å². The zero-order valence-electron chi connectivity index (χ0n) is 20.1. The molecule has 0 saturated carbocycles. The Morgan fingerprint density at radius 1 is 1.12 bits per heavy atom. The molecular weight excluding hydrogens is 454 g/mol. The third kappa shape index (κ3) is 5.95. The number of amides is 2. The van der Waals surface area contributed by atoms with Crippen LogP contribution in [0.15, 0.2) is 47.4 Å². The lowest BCUT2D eigenvalue weighted by molar-refractivity contribution is -0.118. The first kappa shape index (κ1) is 25.7. The molecule has 0 aromatic heterocycles. The summed E-state index contributed by atoms with van der Waals surface area (Å²) in [5.41, 5.74) is 2.04. The Hall–Kier alpha value is -2.91. The summed E-state index contributed by atoms with van der Waals surface area (Å²) in [5, 5.41) is 2.81. The second-order valence-electron chi connectivity index (χ2n) is 8.66. The van der Waals surface area contributed by atoms with Gasteiger partial charge in [0.1, 0.15) is 11.8 Å². The van der Waals surface area contributed by atoms with Gasteiger partial charge in [0.25, 0.3) is 0 Å². The van der Waals surface area contributed by atoms with E-state index in [4.69, 9.17) is 4.74 Å². The molecule has 1 aliphatic heterocycles. The highest BCUT2D eigenvalue weighted by Gasteiger charge is 2.29. The standard InChI is InChI=1S/C25H33N3O5S/c1-5-24(29)28-14-13-18-16-19(11-12-22(18)28)34(31,32)27-21(15-17(3)4)25(30)26-20-9-7-8-10-23(20)33-6-2/h7-12,16-17,21,27H,5-6,13-15H2,1-4H3,(H,26,30)/t21-/m1/s1. The van der Waals surface area contributed by atoms with E-state index in [1.54, 1.807) is 48.2 Å². The van der Waals surface area contributed by atoms with Crippen molar-refractivity contribution in [2.24, 2.45) is 5.92 Å². The van der Waals surface area contributed by atoms with Crippen LogP contribution in [0.2, 0.25) is 0 Å². The number of sulfonamides is 1. The minimum absolute atomic E-state index is 0.00786. The molecule has 34 heavy (non-hydrogen) atoms. The number of rotatable bonds is 10. The summed E-state index contributed by atoms with van der Waals surface area (Å²) < 4.78 is 34.6. The van der Waals surface area contributed by atoms with E-state index in [1.807, 2.05) is 20.8 Å². The highest BCUT2D eigenvalue weighted by Crippen LogP contribution is 2.31. The Labute approximate surface area is 201 Å². The summed E-state index contributed by atoms with van der Waals surface area (Å²) in [7, 11) is -3.97. The maximum absolute atomic E-state index is 13.2. The molecule has 0 saturated heterocycles. The summed E-state index contributed by atoms with van der Waals surface area (Å²) >= 11 is 0. The molecule has 1 atom stereocenters. The van der Waals surface area contributed by atoms with Crippen LogP contribution in [-0.4, -0.2) is 39.4 Å². The summed E-state index contributed by atoms with van der Waals surface area (Å²) in [6.07, 6.45) is 1.31. The van der Waals surface area contributed by atoms with E-state index in [0.717, 1.165) is 11.3 Å². The van der Waals surface area contributed by atoms with Gasteiger partial charge in [-0.1, -0.05) is 32.9 Å². The molecule has 9 heteroatoms. The Balaban J connectivity index is 1.82. The fourth-order valence-electron chi connectivity index (χ4n) is 4.00. The molecule has 0 bridgehead atoms. The molecule has 0 unspecified atom stereocenters. The number of carbonyl (C=O) groups excluding carboxylic acids is 2. The van der Waals surface area contributed by atoms with Crippen LogP contribution in [0.4, 0.5) is 11.4 Å². The second kappa shape index (κ2) is 11.0. The number of nitrogens with zero attached hydrogens (tertiary/aromatic N) is 1. The number of carbonyl (C=O) groups is 2. The molecular formula is C25H33N3O5S.